The fraction of sp³-hybridized carbons (Fsp3) is 0.438. The van der Waals surface area contributed by atoms with Crippen molar-refractivity contribution < 1.29 is 0 Å². The SMILES string of the molecule is Cc1cccc(-c2cnc(CNN3CCN(C)CC3)s2)c1. The van der Waals surface area contributed by atoms with Gasteiger partial charge in [0.1, 0.15) is 5.01 Å². The van der Waals surface area contributed by atoms with E-state index in [4.69, 9.17) is 0 Å². The van der Waals surface area contributed by atoms with E-state index in [0.29, 0.717) is 0 Å². The first-order valence-corrected chi connectivity index (χ1v) is 8.21. The highest BCUT2D eigenvalue weighted by Crippen LogP contribution is 2.26. The average Bonchev–Trinajstić information content (AvgIpc) is 2.96. The van der Waals surface area contributed by atoms with Gasteiger partial charge in [-0.15, -0.1) is 11.3 Å². The molecule has 0 unspecified atom stereocenters. The molecule has 112 valence electrons. The average molecular weight is 302 g/mol. The molecule has 5 heteroatoms. The number of aryl methyl sites for hydroxylation is 1. The normalized spacial score (nSPS) is 17.2. The van der Waals surface area contributed by atoms with Gasteiger partial charge in [-0.1, -0.05) is 29.8 Å². The highest BCUT2D eigenvalue weighted by atomic mass is 32.1. The number of hydrogen-bond donors (Lipinski definition) is 1. The summed E-state index contributed by atoms with van der Waals surface area (Å²) in [5.41, 5.74) is 6.04. The van der Waals surface area contributed by atoms with Gasteiger partial charge in [-0.3, -0.25) is 0 Å². The number of likely N-dealkylation sites (N-methyl/N-ethyl adjacent to an activating group) is 1. The van der Waals surface area contributed by atoms with Crippen molar-refractivity contribution in [2.24, 2.45) is 0 Å². The quantitative estimate of drug-likeness (QED) is 0.939. The predicted molar refractivity (Wildman–Crippen MR) is 88.2 cm³/mol. The lowest BCUT2D eigenvalue weighted by atomic mass is 10.1. The van der Waals surface area contributed by atoms with Gasteiger partial charge in [-0.2, -0.15) is 0 Å². The highest BCUT2D eigenvalue weighted by molar-refractivity contribution is 7.15. The van der Waals surface area contributed by atoms with E-state index in [9.17, 15) is 0 Å². The van der Waals surface area contributed by atoms with Gasteiger partial charge in [0, 0.05) is 32.4 Å². The van der Waals surface area contributed by atoms with Gasteiger partial charge >= 0.3 is 0 Å². The number of piperazine rings is 1. The topological polar surface area (TPSA) is 31.4 Å². The van der Waals surface area contributed by atoms with E-state index in [1.165, 1.54) is 16.0 Å². The van der Waals surface area contributed by atoms with Crippen molar-refractivity contribution in [2.75, 3.05) is 33.2 Å². The molecule has 0 atom stereocenters. The molecule has 1 saturated heterocycles. The van der Waals surface area contributed by atoms with Gasteiger partial charge in [-0.25, -0.2) is 15.4 Å². The second-order valence-corrected chi connectivity index (χ2v) is 6.73. The Hall–Kier alpha value is -1.27. The van der Waals surface area contributed by atoms with Crippen LogP contribution < -0.4 is 5.43 Å². The molecule has 1 aromatic carbocycles. The van der Waals surface area contributed by atoms with E-state index < -0.39 is 0 Å². The Morgan fingerprint density at radius 2 is 2.05 bits per heavy atom. The number of nitrogens with one attached hydrogen (secondary N) is 1. The van der Waals surface area contributed by atoms with Crippen LogP contribution in [0.4, 0.5) is 0 Å². The van der Waals surface area contributed by atoms with Crippen molar-refractivity contribution in [3.63, 3.8) is 0 Å². The molecular formula is C16H22N4S. The fourth-order valence-electron chi connectivity index (χ4n) is 2.47. The van der Waals surface area contributed by atoms with Gasteiger partial charge in [0.2, 0.25) is 0 Å². The summed E-state index contributed by atoms with van der Waals surface area (Å²) in [6.45, 7) is 7.35. The zero-order valence-corrected chi connectivity index (χ0v) is 13.5. The van der Waals surface area contributed by atoms with E-state index >= 15 is 0 Å². The molecule has 0 saturated carbocycles. The lowest BCUT2D eigenvalue weighted by molar-refractivity contribution is 0.102. The summed E-state index contributed by atoms with van der Waals surface area (Å²) < 4.78 is 0. The van der Waals surface area contributed by atoms with Crippen LogP contribution in [0.2, 0.25) is 0 Å². The zero-order chi connectivity index (χ0) is 14.7. The molecule has 0 radical (unpaired) electrons. The molecule has 1 aliphatic heterocycles. The standard InChI is InChI=1S/C16H22N4S/c1-13-4-3-5-14(10-13)15-11-17-16(21-15)12-18-20-8-6-19(2)7-9-20/h3-5,10-11,18H,6-9,12H2,1-2H3. The summed E-state index contributed by atoms with van der Waals surface area (Å²) in [7, 11) is 2.17. The zero-order valence-electron chi connectivity index (χ0n) is 12.7. The van der Waals surface area contributed by atoms with Crippen LogP contribution in [0.25, 0.3) is 10.4 Å². The van der Waals surface area contributed by atoms with Crippen molar-refractivity contribution >= 4 is 11.3 Å². The van der Waals surface area contributed by atoms with Crippen LogP contribution in [0.3, 0.4) is 0 Å². The van der Waals surface area contributed by atoms with Gasteiger partial charge in [0.15, 0.2) is 0 Å². The van der Waals surface area contributed by atoms with Crippen LogP contribution in [0, 0.1) is 6.92 Å². The molecule has 4 nitrogen and oxygen atoms in total. The number of nitrogens with zero attached hydrogens (tertiary/aromatic N) is 3. The Labute approximate surface area is 130 Å². The molecule has 0 bridgehead atoms. The Morgan fingerprint density at radius 1 is 1.24 bits per heavy atom. The van der Waals surface area contributed by atoms with Crippen molar-refractivity contribution in [3.05, 3.63) is 41.0 Å². The van der Waals surface area contributed by atoms with Crippen LogP contribution in [0.1, 0.15) is 10.6 Å². The third-order valence-electron chi connectivity index (χ3n) is 3.81. The Kier molecular flexibility index (Phi) is 4.65. The summed E-state index contributed by atoms with van der Waals surface area (Å²) in [5.74, 6) is 0. The van der Waals surface area contributed by atoms with Crippen molar-refractivity contribution in [3.8, 4) is 10.4 Å². The minimum atomic E-state index is 0.820. The summed E-state index contributed by atoms with van der Waals surface area (Å²) in [6.07, 6.45) is 1.99. The number of rotatable bonds is 4. The van der Waals surface area contributed by atoms with E-state index in [2.05, 4.69) is 58.6 Å². The minimum absolute atomic E-state index is 0.820. The van der Waals surface area contributed by atoms with E-state index in [-0.39, 0.29) is 0 Å². The van der Waals surface area contributed by atoms with Gasteiger partial charge in [0.05, 0.1) is 11.4 Å². The Bertz CT molecular complexity index is 587. The minimum Gasteiger partial charge on any atom is -0.304 e. The second-order valence-electron chi connectivity index (χ2n) is 5.61. The third kappa shape index (κ3) is 3.89. The molecule has 21 heavy (non-hydrogen) atoms. The first-order valence-electron chi connectivity index (χ1n) is 7.39. The predicted octanol–water partition coefficient (Wildman–Crippen LogP) is 2.37. The van der Waals surface area contributed by atoms with Gasteiger partial charge in [0.25, 0.3) is 0 Å². The molecule has 3 rings (SSSR count). The van der Waals surface area contributed by atoms with E-state index in [1.54, 1.807) is 11.3 Å². The molecule has 1 aromatic heterocycles. The number of thiazole rings is 1. The number of hydrazine groups is 1. The Morgan fingerprint density at radius 3 is 2.81 bits per heavy atom. The van der Waals surface area contributed by atoms with Crippen LogP contribution >= 0.6 is 11.3 Å². The fourth-order valence-corrected chi connectivity index (χ4v) is 3.31. The van der Waals surface area contributed by atoms with Crippen LogP contribution in [0.5, 0.6) is 0 Å². The first-order chi connectivity index (χ1) is 10.2. The van der Waals surface area contributed by atoms with Crippen LogP contribution in [-0.2, 0) is 6.54 Å². The van der Waals surface area contributed by atoms with Crippen LogP contribution in [-0.4, -0.2) is 48.1 Å². The summed E-state index contributed by atoms with van der Waals surface area (Å²) >= 11 is 1.77. The number of aromatic nitrogens is 1. The van der Waals surface area contributed by atoms with E-state index in [1.807, 2.05) is 6.20 Å². The number of hydrogen-bond acceptors (Lipinski definition) is 5. The molecule has 1 aliphatic rings. The molecule has 0 aliphatic carbocycles. The maximum atomic E-state index is 4.54. The van der Waals surface area contributed by atoms with Crippen molar-refractivity contribution in [2.45, 2.75) is 13.5 Å². The highest BCUT2D eigenvalue weighted by Gasteiger charge is 2.13. The molecular weight excluding hydrogens is 280 g/mol. The first kappa shape index (κ1) is 14.7. The second kappa shape index (κ2) is 6.66. The maximum Gasteiger partial charge on any atom is 0.108 e. The summed E-state index contributed by atoms with van der Waals surface area (Å²) in [6, 6.07) is 8.59. The third-order valence-corrected chi connectivity index (χ3v) is 4.86. The Balaban J connectivity index is 1.58. The molecule has 1 fully saturated rings. The molecule has 0 spiro atoms. The lowest BCUT2D eigenvalue weighted by Crippen LogP contribution is -2.50. The molecule has 2 heterocycles. The van der Waals surface area contributed by atoms with Crippen molar-refractivity contribution in [1.29, 1.82) is 0 Å². The van der Waals surface area contributed by atoms with E-state index in [0.717, 1.165) is 37.7 Å². The summed E-state index contributed by atoms with van der Waals surface area (Å²) in [5, 5.41) is 3.44. The maximum absolute atomic E-state index is 4.54. The van der Waals surface area contributed by atoms with Crippen LogP contribution in [0.15, 0.2) is 30.5 Å². The molecule has 2 aromatic rings. The molecule has 1 N–H and O–H groups in total. The largest absolute Gasteiger partial charge is 0.304 e. The van der Waals surface area contributed by atoms with Crippen molar-refractivity contribution in [1.82, 2.24) is 20.3 Å². The number of benzene rings is 1. The smallest absolute Gasteiger partial charge is 0.108 e. The van der Waals surface area contributed by atoms with Gasteiger partial charge in [-0.05, 0) is 19.5 Å². The summed E-state index contributed by atoms with van der Waals surface area (Å²) in [4.78, 5) is 8.14. The lowest BCUT2D eigenvalue weighted by Gasteiger charge is -2.32. The monoisotopic (exact) mass is 302 g/mol. The van der Waals surface area contributed by atoms with Gasteiger partial charge < -0.3 is 4.90 Å². The molecule has 0 amide bonds.